The molecule has 0 radical (unpaired) electrons. The Morgan fingerprint density at radius 3 is 2.21 bits per heavy atom. The lowest BCUT2D eigenvalue weighted by atomic mass is 10.1. The molecule has 2 amide bonds. The fourth-order valence-corrected chi connectivity index (χ4v) is 6.26. The van der Waals surface area contributed by atoms with Crippen molar-refractivity contribution in [2.24, 2.45) is 0 Å². The number of nitrogens with one attached hydrogen (secondary N) is 1. The van der Waals surface area contributed by atoms with Crippen molar-refractivity contribution in [3.63, 3.8) is 0 Å². The Labute approximate surface area is 192 Å². The molecule has 5 rings (SSSR count). The predicted octanol–water partition coefficient (Wildman–Crippen LogP) is 3.35. The highest BCUT2D eigenvalue weighted by molar-refractivity contribution is 7.93. The number of benzene rings is 3. The highest BCUT2D eigenvalue weighted by Gasteiger charge is 2.44. The largest absolute Gasteiger partial charge is 0.326 e. The third-order valence-electron chi connectivity index (χ3n) is 6.10. The van der Waals surface area contributed by atoms with Crippen LogP contribution in [0.4, 0.5) is 17.1 Å². The molecule has 1 atom stereocenters. The molecule has 1 unspecified atom stereocenters. The molecular weight excluding hydrogens is 438 g/mol. The number of fused-ring (bicyclic) bond motifs is 2. The summed E-state index contributed by atoms with van der Waals surface area (Å²) in [5.74, 6) is -0.467. The lowest BCUT2D eigenvalue weighted by molar-refractivity contribution is -0.119. The normalized spacial score (nSPS) is 16.9. The number of amides is 2. The van der Waals surface area contributed by atoms with E-state index in [9.17, 15) is 18.0 Å². The van der Waals surface area contributed by atoms with Gasteiger partial charge < -0.3 is 10.2 Å². The summed E-state index contributed by atoms with van der Waals surface area (Å²) in [5.41, 5.74) is 3.78. The maximum atomic E-state index is 13.8. The molecular formula is C25H23N3O4S. The van der Waals surface area contributed by atoms with Crippen LogP contribution < -0.4 is 14.5 Å². The summed E-state index contributed by atoms with van der Waals surface area (Å²) in [6.07, 6.45) is 1.07. The van der Waals surface area contributed by atoms with E-state index in [2.05, 4.69) is 5.32 Å². The number of rotatable bonds is 4. The zero-order chi connectivity index (χ0) is 23.2. The fraction of sp³-hybridized carbons (Fsp3) is 0.200. The van der Waals surface area contributed by atoms with E-state index in [0.29, 0.717) is 24.3 Å². The van der Waals surface area contributed by atoms with Gasteiger partial charge in [0.15, 0.2) is 0 Å². The number of para-hydroxylation sites is 2. The first kappa shape index (κ1) is 21.2. The zero-order valence-electron chi connectivity index (χ0n) is 18.1. The van der Waals surface area contributed by atoms with E-state index in [0.717, 1.165) is 23.2 Å². The van der Waals surface area contributed by atoms with Crippen molar-refractivity contribution in [3.8, 4) is 0 Å². The van der Waals surface area contributed by atoms with Gasteiger partial charge in [-0.05, 0) is 53.9 Å². The number of hydrogen-bond donors (Lipinski definition) is 1. The van der Waals surface area contributed by atoms with Gasteiger partial charge in [0.25, 0.3) is 15.9 Å². The van der Waals surface area contributed by atoms with Crippen molar-refractivity contribution in [2.75, 3.05) is 21.1 Å². The van der Waals surface area contributed by atoms with Gasteiger partial charge >= 0.3 is 0 Å². The van der Waals surface area contributed by atoms with Crippen molar-refractivity contribution in [2.45, 2.75) is 30.7 Å². The monoisotopic (exact) mass is 461 g/mol. The molecule has 168 valence electrons. The summed E-state index contributed by atoms with van der Waals surface area (Å²) in [4.78, 5) is 26.8. The molecule has 0 spiro atoms. The van der Waals surface area contributed by atoms with Gasteiger partial charge in [-0.1, -0.05) is 36.4 Å². The lowest BCUT2D eigenvalue weighted by Crippen LogP contribution is -2.49. The molecule has 2 aliphatic rings. The molecule has 0 saturated carbocycles. The number of sulfonamides is 1. The molecule has 33 heavy (non-hydrogen) atoms. The van der Waals surface area contributed by atoms with Crippen LogP contribution in [-0.4, -0.2) is 32.8 Å². The predicted molar refractivity (Wildman–Crippen MR) is 127 cm³/mol. The summed E-state index contributed by atoms with van der Waals surface area (Å²) < 4.78 is 28.8. The van der Waals surface area contributed by atoms with Crippen LogP contribution in [0.3, 0.4) is 0 Å². The molecule has 1 N–H and O–H groups in total. The zero-order valence-corrected chi connectivity index (χ0v) is 18.9. The van der Waals surface area contributed by atoms with Crippen LogP contribution >= 0.6 is 0 Å². The highest BCUT2D eigenvalue weighted by atomic mass is 32.2. The Bertz CT molecular complexity index is 1350. The first-order valence-electron chi connectivity index (χ1n) is 10.8. The molecule has 0 fully saturated rings. The minimum absolute atomic E-state index is 0.0629. The second-order valence-electron chi connectivity index (χ2n) is 8.22. The standard InChI is InChI=1S/C25H23N3O4S/c1-17(29)26-20-10-12-21(13-11-20)33(31,32)28-23-9-5-3-7-19(23)16-24(28)25(30)27-15-14-18-6-2-4-8-22(18)27/h2-13,24H,14-16H2,1H3,(H,26,29). The van der Waals surface area contributed by atoms with Crippen LogP contribution in [0, 0.1) is 0 Å². The lowest BCUT2D eigenvalue weighted by Gasteiger charge is -2.29. The number of carbonyl (C=O) groups is 2. The van der Waals surface area contributed by atoms with Gasteiger partial charge in [0, 0.05) is 31.3 Å². The quantitative estimate of drug-likeness (QED) is 0.646. The molecule has 2 aliphatic heterocycles. The molecule has 0 saturated heterocycles. The van der Waals surface area contributed by atoms with Crippen LogP contribution in [0.5, 0.6) is 0 Å². The van der Waals surface area contributed by atoms with Gasteiger partial charge in [0.05, 0.1) is 10.6 Å². The van der Waals surface area contributed by atoms with Crippen molar-refractivity contribution >= 4 is 38.9 Å². The maximum absolute atomic E-state index is 13.8. The molecule has 3 aromatic carbocycles. The average Bonchev–Trinajstić information content (AvgIpc) is 3.41. The average molecular weight is 462 g/mol. The van der Waals surface area contributed by atoms with Crippen molar-refractivity contribution in [3.05, 3.63) is 83.9 Å². The number of anilines is 3. The van der Waals surface area contributed by atoms with Crippen LogP contribution in [0.25, 0.3) is 0 Å². The molecule has 7 nitrogen and oxygen atoms in total. The Morgan fingerprint density at radius 1 is 0.879 bits per heavy atom. The molecule has 8 heteroatoms. The molecule has 0 aromatic heterocycles. The van der Waals surface area contributed by atoms with E-state index >= 15 is 0 Å². The van der Waals surface area contributed by atoms with Gasteiger partial charge in [0.2, 0.25) is 5.91 Å². The summed E-state index contributed by atoms with van der Waals surface area (Å²) >= 11 is 0. The Hall–Kier alpha value is -3.65. The number of carbonyl (C=O) groups excluding carboxylic acids is 2. The van der Waals surface area contributed by atoms with Crippen molar-refractivity contribution in [1.29, 1.82) is 0 Å². The highest BCUT2D eigenvalue weighted by Crippen LogP contribution is 2.39. The van der Waals surface area contributed by atoms with Crippen LogP contribution in [0.15, 0.2) is 77.7 Å². The molecule has 2 heterocycles. The van der Waals surface area contributed by atoms with Gasteiger partial charge in [-0.15, -0.1) is 0 Å². The van der Waals surface area contributed by atoms with E-state index in [1.807, 2.05) is 36.4 Å². The minimum atomic E-state index is -4.03. The Morgan fingerprint density at radius 2 is 1.52 bits per heavy atom. The summed E-state index contributed by atoms with van der Waals surface area (Å²) in [6.45, 7) is 1.92. The second kappa shape index (κ2) is 8.04. The summed E-state index contributed by atoms with van der Waals surface area (Å²) in [6, 6.07) is 20.1. The first-order chi connectivity index (χ1) is 15.9. The van der Waals surface area contributed by atoms with E-state index in [4.69, 9.17) is 0 Å². The Balaban J connectivity index is 1.53. The number of nitrogens with zero attached hydrogens (tertiary/aromatic N) is 2. The molecule has 3 aromatic rings. The van der Waals surface area contributed by atoms with Crippen LogP contribution in [0.1, 0.15) is 18.1 Å². The minimum Gasteiger partial charge on any atom is -0.326 e. The maximum Gasteiger partial charge on any atom is 0.265 e. The molecule has 0 aliphatic carbocycles. The smallest absolute Gasteiger partial charge is 0.265 e. The van der Waals surface area contributed by atoms with E-state index in [1.165, 1.54) is 23.4 Å². The van der Waals surface area contributed by atoms with Gasteiger partial charge in [-0.3, -0.25) is 13.9 Å². The topological polar surface area (TPSA) is 86.8 Å². The van der Waals surface area contributed by atoms with E-state index < -0.39 is 16.1 Å². The summed E-state index contributed by atoms with van der Waals surface area (Å²) in [5, 5.41) is 2.63. The SMILES string of the molecule is CC(=O)Nc1ccc(S(=O)(=O)N2c3ccccc3CC2C(=O)N2CCc3ccccc32)cc1. The van der Waals surface area contributed by atoms with E-state index in [1.54, 1.807) is 29.2 Å². The summed E-state index contributed by atoms with van der Waals surface area (Å²) in [7, 11) is -4.03. The second-order valence-corrected chi connectivity index (χ2v) is 10.0. The van der Waals surface area contributed by atoms with Gasteiger partial charge in [0.1, 0.15) is 6.04 Å². The van der Waals surface area contributed by atoms with Gasteiger partial charge in [-0.2, -0.15) is 0 Å². The van der Waals surface area contributed by atoms with Gasteiger partial charge in [-0.25, -0.2) is 8.42 Å². The number of hydrogen-bond acceptors (Lipinski definition) is 4. The van der Waals surface area contributed by atoms with Crippen LogP contribution in [-0.2, 0) is 32.5 Å². The first-order valence-corrected chi connectivity index (χ1v) is 12.2. The molecule has 0 bridgehead atoms. The Kier molecular flexibility index (Phi) is 5.17. The van der Waals surface area contributed by atoms with Crippen molar-refractivity contribution in [1.82, 2.24) is 0 Å². The fourth-order valence-electron chi connectivity index (χ4n) is 4.62. The van der Waals surface area contributed by atoms with E-state index in [-0.39, 0.29) is 16.7 Å². The third kappa shape index (κ3) is 3.66. The third-order valence-corrected chi connectivity index (χ3v) is 7.93. The van der Waals surface area contributed by atoms with Crippen LogP contribution in [0.2, 0.25) is 0 Å². The van der Waals surface area contributed by atoms with Crippen molar-refractivity contribution < 1.29 is 18.0 Å².